The number of benzene rings is 1. The van der Waals surface area contributed by atoms with Gasteiger partial charge in [-0.05, 0) is 23.8 Å². The largest absolute Gasteiger partial charge is 0.460 e. The first-order chi connectivity index (χ1) is 9.06. The zero-order valence-electron chi connectivity index (χ0n) is 11.0. The fourth-order valence-electron chi connectivity index (χ4n) is 2.32. The van der Waals surface area contributed by atoms with E-state index in [1.165, 1.54) is 0 Å². The number of nitrogens with zero attached hydrogens (tertiary/aromatic N) is 1. The molecule has 0 saturated carbocycles. The minimum absolute atomic E-state index is 0.0678. The van der Waals surface area contributed by atoms with Crippen LogP contribution in [0.4, 0.5) is 5.69 Å². The first kappa shape index (κ1) is 12.2. The number of anilines is 1. The number of fused-ring (bicyclic) bond motifs is 2. The molecule has 3 heteroatoms. The Balaban J connectivity index is 2.09. The maximum Gasteiger partial charge on any atom is 0.137 e. The Labute approximate surface area is 118 Å². The molecule has 0 radical (unpaired) electrons. The number of rotatable bonds is 1. The van der Waals surface area contributed by atoms with E-state index in [0.29, 0.717) is 0 Å². The molecule has 0 aromatic heterocycles. The number of ether oxygens (including phenoxy) is 1. The molecule has 0 bridgehead atoms. The molecule has 0 N–H and O–H groups in total. The van der Waals surface area contributed by atoms with Crippen molar-refractivity contribution in [3.63, 3.8) is 0 Å². The van der Waals surface area contributed by atoms with Crippen LogP contribution in [0.25, 0.3) is 0 Å². The van der Waals surface area contributed by atoms with Crippen LogP contribution in [0.1, 0.15) is 5.56 Å². The number of allylic oxidation sites excluding steroid dienone is 4. The van der Waals surface area contributed by atoms with E-state index in [2.05, 4.69) is 18.7 Å². The highest BCUT2D eigenvalue weighted by Crippen LogP contribution is 2.38. The summed E-state index contributed by atoms with van der Waals surface area (Å²) in [4.78, 5) is 2.97. The molecule has 19 heavy (non-hydrogen) atoms. The van der Waals surface area contributed by atoms with E-state index in [0.717, 1.165) is 33.2 Å². The Morgan fingerprint density at radius 1 is 1.32 bits per heavy atom. The molecule has 0 amide bonds. The highest BCUT2D eigenvalue weighted by Gasteiger charge is 2.30. The van der Waals surface area contributed by atoms with Crippen LogP contribution < -0.4 is 9.64 Å². The third-order valence-electron chi connectivity index (χ3n) is 3.39. The molecule has 2 aliphatic rings. The van der Waals surface area contributed by atoms with Gasteiger partial charge in [0, 0.05) is 36.3 Å². The maximum absolute atomic E-state index is 6.00. The monoisotopic (exact) mass is 269 g/mol. The molecule has 0 saturated heterocycles. The Morgan fingerprint density at radius 3 is 2.84 bits per heavy atom. The van der Waals surface area contributed by atoms with Gasteiger partial charge < -0.3 is 9.64 Å². The van der Waals surface area contributed by atoms with E-state index in [-0.39, 0.29) is 5.92 Å². The van der Waals surface area contributed by atoms with Crippen molar-refractivity contribution in [1.82, 2.24) is 0 Å². The number of hydrogen-bond acceptors (Lipinski definition) is 3. The quantitative estimate of drug-likeness (QED) is 0.724. The standard InChI is InChI=1S/C16H15NOS/c1-10-4-6-12-14(8-10)18-15-9-11(17(2)3)5-7-13(15)16(12)19/h4-9,12H,1H2,2-3H3. The van der Waals surface area contributed by atoms with Gasteiger partial charge in [0.1, 0.15) is 11.5 Å². The van der Waals surface area contributed by atoms with Crippen molar-refractivity contribution in [3.05, 3.63) is 59.9 Å². The summed E-state index contributed by atoms with van der Waals surface area (Å²) >= 11 is 5.59. The Bertz CT molecular complexity index is 640. The molecule has 96 valence electrons. The fraction of sp³-hybridized carbons (Fsp3) is 0.188. The van der Waals surface area contributed by atoms with Crippen molar-refractivity contribution in [1.29, 1.82) is 0 Å². The summed E-state index contributed by atoms with van der Waals surface area (Å²) in [6.07, 6.45) is 6.01. The van der Waals surface area contributed by atoms with Gasteiger partial charge in [-0.1, -0.05) is 30.9 Å². The van der Waals surface area contributed by atoms with Crippen molar-refractivity contribution >= 4 is 22.8 Å². The molecule has 1 aliphatic heterocycles. The van der Waals surface area contributed by atoms with Gasteiger partial charge in [-0.25, -0.2) is 0 Å². The number of hydrogen-bond donors (Lipinski definition) is 0. The molecule has 0 fully saturated rings. The third kappa shape index (κ3) is 2.00. The molecule has 3 rings (SSSR count). The van der Waals surface area contributed by atoms with Crippen LogP contribution in [-0.2, 0) is 0 Å². The summed E-state index contributed by atoms with van der Waals surface area (Å²) in [5.41, 5.74) is 3.06. The van der Waals surface area contributed by atoms with Gasteiger partial charge in [-0.2, -0.15) is 0 Å². The van der Waals surface area contributed by atoms with Crippen LogP contribution in [0.3, 0.4) is 0 Å². The van der Waals surface area contributed by atoms with Gasteiger partial charge in [0.2, 0.25) is 0 Å². The molecule has 1 heterocycles. The second-order valence-electron chi connectivity index (χ2n) is 5.00. The minimum Gasteiger partial charge on any atom is -0.460 e. The van der Waals surface area contributed by atoms with Crippen LogP contribution in [0.2, 0.25) is 0 Å². The maximum atomic E-state index is 6.00. The molecule has 1 aromatic rings. The highest BCUT2D eigenvalue weighted by atomic mass is 32.1. The number of thiocarbonyl (C=S) groups is 1. The average Bonchev–Trinajstić information content (AvgIpc) is 2.37. The normalized spacial score (nSPS) is 20.3. The van der Waals surface area contributed by atoms with Crippen molar-refractivity contribution < 1.29 is 4.74 Å². The van der Waals surface area contributed by atoms with Crippen LogP contribution in [0.15, 0.2) is 54.3 Å². The summed E-state index contributed by atoms with van der Waals surface area (Å²) in [6.45, 7) is 3.94. The molecule has 2 nitrogen and oxygen atoms in total. The van der Waals surface area contributed by atoms with Gasteiger partial charge in [-0.15, -0.1) is 0 Å². The summed E-state index contributed by atoms with van der Waals surface area (Å²) in [7, 11) is 4.02. The highest BCUT2D eigenvalue weighted by molar-refractivity contribution is 7.81. The second kappa shape index (κ2) is 4.35. The first-order valence-corrected chi connectivity index (χ1v) is 6.59. The topological polar surface area (TPSA) is 12.5 Å². The van der Waals surface area contributed by atoms with Crippen molar-refractivity contribution in [2.75, 3.05) is 19.0 Å². The molecule has 0 spiro atoms. The van der Waals surface area contributed by atoms with Gasteiger partial charge in [0.15, 0.2) is 0 Å². The zero-order valence-corrected chi connectivity index (χ0v) is 11.8. The second-order valence-corrected chi connectivity index (χ2v) is 5.44. The van der Waals surface area contributed by atoms with Gasteiger partial charge in [-0.3, -0.25) is 0 Å². The zero-order chi connectivity index (χ0) is 13.6. The van der Waals surface area contributed by atoms with E-state index < -0.39 is 0 Å². The minimum atomic E-state index is 0.0678. The summed E-state index contributed by atoms with van der Waals surface area (Å²) in [5, 5.41) is 0. The Kier molecular flexibility index (Phi) is 2.79. The lowest BCUT2D eigenvalue weighted by Gasteiger charge is -2.29. The van der Waals surface area contributed by atoms with Gasteiger partial charge in [0.25, 0.3) is 0 Å². The predicted octanol–water partition coefficient (Wildman–Crippen LogP) is 3.49. The molecule has 1 atom stereocenters. The van der Waals surface area contributed by atoms with Crippen molar-refractivity contribution in [2.24, 2.45) is 5.92 Å². The first-order valence-electron chi connectivity index (χ1n) is 6.18. The summed E-state index contributed by atoms with van der Waals surface area (Å²) in [5.74, 6) is 1.78. The van der Waals surface area contributed by atoms with Crippen LogP contribution >= 0.6 is 12.2 Å². The van der Waals surface area contributed by atoms with Gasteiger partial charge in [0.05, 0.1) is 5.92 Å². The predicted molar refractivity (Wildman–Crippen MR) is 83.0 cm³/mol. The third-order valence-corrected chi connectivity index (χ3v) is 3.87. The molecule has 1 unspecified atom stereocenters. The van der Waals surface area contributed by atoms with Crippen molar-refractivity contribution in [2.45, 2.75) is 0 Å². The van der Waals surface area contributed by atoms with Crippen molar-refractivity contribution in [3.8, 4) is 5.75 Å². The molecule has 1 aliphatic carbocycles. The van der Waals surface area contributed by atoms with E-state index in [9.17, 15) is 0 Å². The smallest absolute Gasteiger partial charge is 0.137 e. The van der Waals surface area contributed by atoms with Gasteiger partial charge >= 0.3 is 0 Å². The summed E-state index contributed by atoms with van der Waals surface area (Å²) < 4.78 is 6.00. The lowest BCUT2D eigenvalue weighted by atomic mass is 9.89. The van der Waals surface area contributed by atoms with E-state index >= 15 is 0 Å². The summed E-state index contributed by atoms with van der Waals surface area (Å²) in [6, 6.07) is 6.13. The lowest BCUT2D eigenvalue weighted by molar-refractivity contribution is 0.387. The van der Waals surface area contributed by atoms with E-state index in [4.69, 9.17) is 17.0 Å². The SMILES string of the molecule is C=C1C=CC2C(=S)c3ccc(N(C)C)cc3OC2=C1. The van der Waals surface area contributed by atoms with E-state index in [1.807, 2.05) is 43.3 Å². The van der Waals surface area contributed by atoms with Crippen LogP contribution in [-0.4, -0.2) is 19.0 Å². The Morgan fingerprint density at radius 2 is 2.11 bits per heavy atom. The average molecular weight is 269 g/mol. The molecular weight excluding hydrogens is 254 g/mol. The van der Waals surface area contributed by atoms with Crippen LogP contribution in [0.5, 0.6) is 5.75 Å². The lowest BCUT2D eigenvalue weighted by Crippen LogP contribution is -2.25. The fourth-order valence-corrected chi connectivity index (χ4v) is 2.68. The van der Waals surface area contributed by atoms with Crippen LogP contribution in [0, 0.1) is 5.92 Å². The van der Waals surface area contributed by atoms with E-state index in [1.54, 1.807) is 0 Å². The molecular formula is C16H15NOS. The molecule has 1 aromatic carbocycles. The Hall–Kier alpha value is -1.87.